The van der Waals surface area contributed by atoms with Crippen LogP contribution in [0.2, 0.25) is 0 Å². The van der Waals surface area contributed by atoms with E-state index in [9.17, 15) is 0 Å². The summed E-state index contributed by atoms with van der Waals surface area (Å²) >= 11 is 0. The number of aromatic nitrogens is 1. The molecule has 21 heavy (non-hydrogen) atoms. The number of rotatable bonds is 7. The molecule has 3 nitrogen and oxygen atoms in total. The summed E-state index contributed by atoms with van der Waals surface area (Å²) in [6.07, 6.45) is 6.60. The lowest BCUT2D eigenvalue weighted by atomic mass is 9.89. The van der Waals surface area contributed by atoms with Crippen LogP contribution in [0.4, 0.5) is 0 Å². The van der Waals surface area contributed by atoms with Gasteiger partial charge in [-0.2, -0.15) is 0 Å². The van der Waals surface area contributed by atoms with Crippen molar-refractivity contribution in [3.05, 3.63) is 29.6 Å². The molecule has 1 aromatic rings. The van der Waals surface area contributed by atoms with Crippen LogP contribution in [-0.2, 0) is 6.54 Å². The number of nitrogens with one attached hydrogen (secondary N) is 1. The van der Waals surface area contributed by atoms with Crippen LogP contribution in [-0.4, -0.2) is 35.1 Å². The maximum Gasteiger partial charge on any atom is 0.0547 e. The van der Waals surface area contributed by atoms with E-state index in [0.717, 1.165) is 25.3 Å². The smallest absolute Gasteiger partial charge is 0.0547 e. The molecular formula is C18H31N3. The van der Waals surface area contributed by atoms with Crippen LogP contribution in [0.3, 0.4) is 0 Å². The minimum absolute atomic E-state index is 0.656. The third-order valence-corrected chi connectivity index (χ3v) is 4.57. The van der Waals surface area contributed by atoms with Crippen LogP contribution >= 0.6 is 0 Å². The van der Waals surface area contributed by atoms with E-state index in [1.165, 1.54) is 37.8 Å². The van der Waals surface area contributed by atoms with Crippen molar-refractivity contribution in [2.45, 2.75) is 71.5 Å². The highest BCUT2D eigenvalue weighted by Crippen LogP contribution is 2.24. The molecule has 0 saturated heterocycles. The number of hydrogen-bond acceptors (Lipinski definition) is 3. The third kappa shape index (κ3) is 4.79. The van der Waals surface area contributed by atoms with Crippen LogP contribution in [0, 0.1) is 6.92 Å². The molecule has 118 valence electrons. The lowest BCUT2D eigenvalue weighted by Crippen LogP contribution is -2.51. The average molecular weight is 289 g/mol. The van der Waals surface area contributed by atoms with Crippen molar-refractivity contribution in [3.8, 4) is 0 Å². The molecule has 2 atom stereocenters. The summed E-state index contributed by atoms with van der Waals surface area (Å²) < 4.78 is 0. The van der Waals surface area contributed by atoms with Gasteiger partial charge < -0.3 is 5.32 Å². The second-order valence-corrected chi connectivity index (χ2v) is 6.25. The van der Waals surface area contributed by atoms with Crippen molar-refractivity contribution < 1.29 is 0 Å². The van der Waals surface area contributed by atoms with Crippen LogP contribution in [0.5, 0.6) is 0 Å². The van der Waals surface area contributed by atoms with Gasteiger partial charge in [0.1, 0.15) is 0 Å². The van der Waals surface area contributed by atoms with Gasteiger partial charge in [-0.25, -0.2) is 0 Å². The molecule has 0 spiro atoms. The van der Waals surface area contributed by atoms with Gasteiger partial charge in [0.25, 0.3) is 0 Å². The molecule has 2 unspecified atom stereocenters. The van der Waals surface area contributed by atoms with Crippen LogP contribution < -0.4 is 5.32 Å². The Bertz CT molecular complexity index is 419. The van der Waals surface area contributed by atoms with Gasteiger partial charge in [0.15, 0.2) is 0 Å². The highest BCUT2D eigenvalue weighted by molar-refractivity contribution is 5.10. The molecule has 3 heteroatoms. The SMILES string of the molecule is CCCNC1CCCCC1N(CC)Cc1cccc(C)n1. The Balaban J connectivity index is 2.03. The lowest BCUT2D eigenvalue weighted by Gasteiger charge is -2.40. The molecule has 0 bridgehead atoms. The van der Waals surface area contributed by atoms with Gasteiger partial charge in [-0.1, -0.05) is 32.8 Å². The van der Waals surface area contributed by atoms with Gasteiger partial charge >= 0.3 is 0 Å². The number of nitrogens with zero attached hydrogens (tertiary/aromatic N) is 2. The first kappa shape index (κ1) is 16.4. The summed E-state index contributed by atoms with van der Waals surface area (Å²) in [5.74, 6) is 0. The van der Waals surface area contributed by atoms with Gasteiger partial charge in [-0.3, -0.25) is 9.88 Å². The van der Waals surface area contributed by atoms with Gasteiger partial charge in [-0.05, 0) is 51.4 Å². The van der Waals surface area contributed by atoms with Gasteiger partial charge in [-0.15, -0.1) is 0 Å². The van der Waals surface area contributed by atoms with Crippen molar-refractivity contribution in [1.29, 1.82) is 0 Å². The van der Waals surface area contributed by atoms with Crippen molar-refractivity contribution in [2.75, 3.05) is 13.1 Å². The van der Waals surface area contributed by atoms with E-state index in [4.69, 9.17) is 0 Å². The van der Waals surface area contributed by atoms with E-state index in [1.807, 2.05) is 0 Å². The number of hydrogen-bond donors (Lipinski definition) is 1. The predicted molar refractivity (Wildman–Crippen MR) is 89.4 cm³/mol. The number of aryl methyl sites for hydroxylation is 1. The Morgan fingerprint density at radius 2 is 2.05 bits per heavy atom. The van der Waals surface area contributed by atoms with Crippen LogP contribution in [0.25, 0.3) is 0 Å². The molecule has 1 heterocycles. The zero-order valence-electron chi connectivity index (χ0n) is 13.9. The van der Waals surface area contributed by atoms with Gasteiger partial charge in [0.2, 0.25) is 0 Å². The van der Waals surface area contributed by atoms with Crippen molar-refractivity contribution in [1.82, 2.24) is 15.2 Å². The fourth-order valence-electron chi connectivity index (χ4n) is 3.48. The minimum atomic E-state index is 0.656. The number of likely N-dealkylation sites (N-methyl/N-ethyl adjacent to an activating group) is 1. The summed E-state index contributed by atoms with van der Waals surface area (Å²) in [4.78, 5) is 7.30. The first-order valence-corrected chi connectivity index (χ1v) is 8.64. The van der Waals surface area contributed by atoms with E-state index >= 15 is 0 Å². The van der Waals surface area contributed by atoms with E-state index in [2.05, 4.69) is 54.2 Å². The molecule has 1 aromatic heterocycles. The molecular weight excluding hydrogens is 258 g/mol. The monoisotopic (exact) mass is 289 g/mol. The highest BCUT2D eigenvalue weighted by atomic mass is 15.2. The van der Waals surface area contributed by atoms with E-state index in [1.54, 1.807) is 0 Å². The summed E-state index contributed by atoms with van der Waals surface area (Å²) in [5.41, 5.74) is 2.32. The molecule has 1 fully saturated rings. The first-order valence-electron chi connectivity index (χ1n) is 8.64. The van der Waals surface area contributed by atoms with Gasteiger partial charge in [0, 0.05) is 24.3 Å². The topological polar surface area (TPSA) is 28.2 Å². The zero-order valence-corrected chi connectivity index (χ0v) is 13.9. The molecule has 1 aliphatic rings. The maximum atomic E-state index is 4.68. The second-order valence-electron chi connectivity index (χ2n) is 6.25. The fourth-order valence-corrected chi connectivity index (χ4v) is 3.48. The fraction of sp³-hybridized carbons (Fsp3) is 0.722. The predicted octanol–water partition coefficient (Wildman–Crippen LogP) is 3.52. The maximum absolute atomic E-state index is 4.68. The first-order chi connectivity index (χ1) is 10.2. The number of pyridine rings is 1. The van der Waals surface area contributed by atoms with Crippen molar-refractivity contribution in [3.63, 3.8) is 0 Å². The summed E-state index contributed by atoms with van der Waals surface area (Å²) in [5, 5.41) is 3.77. The molecule has 0 aliphatic heterocycles. The van der Waals surface area contributed by atoms with E-state index in [-0.39, 0.29) is 0 Å². The normalized spacial score (nSPS) is 22.7. The Kier molecular flexibility index (Phi) is 6.65. The van der Waals surface area contributed by atoms with Gasteiger partial charge in [0.05, 0.1) is 5.69 Å². The van der Waals surface area contributed by atoms with E-state index < -0.39 is 0 Å². The quantitative estimate of drug-likeness (QED) is 0.832. The standard InChI is InChI=1S/C18H31N3/c1-4-13-19-17-11-6-7-12-18(17)21(5-2)14-16-10-8-9-15(3)20-16/h8-10,17-19H,4-7,11-14H2,1-3H3. The highest BCUT2D eigenvalue weighted by Gasteiger charge is 2.29. The molecule has 1 N–H and O–H groups in total. The molecule has 0 radical (unpaired) electrons. The largest absolute Gasteiger partial charge is 0.312 e. The molecule has 0 amide bonds. The van der Waals surface area contributed by atoms with Crippen molar-refractivity contribution >= 4 is 0 Å². The lowest BCUT2D eigenvalue weighted by molar-refractivity contribution is 0.119. The second kappa shape index (κ2) is 8.50. The third-order valence-electron chi connectivity index (χ3n) is 4.57. The summed E-state index contributed by atoms with van der Waals surface area (Å²) in [6.45, 7) is 9.82. The average Bonchev–Trinajstić information content (AvgIpc) is 2.51. The summed E-state index contributed by atoms with van der Waals surface area (Å²) in [7, 11) is 0. The van der Waals surface area contributed by atoms with Crippen LogP contribution in [0.1, 0.15) is 57.3 Å². The van der Waals surface area contributed by atoms with Crippen molar-refractivity contribution in [2.24, 2.45) is 0 Å². The summed E-state index contributed by atoms with van der Waals surface area (Å²) in [6, 6.07) is 7.68. The Morgan fingerprint density at radius 1 is 1.24 bits per heavy atom. The molecule has 1 aliphatic carbocycles. The molecule has 0 aromatic carbocycles. The molecule has 2 rings (SSSR count). The van der Waals surface area contributed by atoms with E-state index in [0.29, 0.717) is 12.1 Å². The van der Waals surface area contributed by atoms with Crippen LogP contribution in [0.15, 0.2) is 18.2 Å². The zero-order chi connectivity index (χ0) is 15.1. The Morgan fingerprint density at radius 3 is 2.76 bits per heavy atom. The minimum Gasteiger partial charge on any atom is -0.312 e. The Hall–Kier alpha value is -0.930. The Labute approximate surface area is 130 Å². The molecule has 1 saturated carbocycles.